The zero-order chi connectivity index (χ0) is 14.9. The Kier molecular flexibility index (Phi) is 5.52. The first-order valence-electron chi connectivity index (χ1n) is 6.78. The van der Waals surface area contributed by atoms with Crippen molar-refractivity contribution in [2.75, 3.05) is 6.61 Å². The molecule has 108 valence electrons. The minimum atomic E-state index is -0.272. The molecule has 0 radical (unpaired) electrons. The Hall–Kier alpha value is -2.62. The van der Waals surface area contributed by atoms with Crippen molar-refractivity contribution in [3.63, 3.8) is 0 Å². The van der Waals surface area contributed by atoms with Crippen molar-refractivity contribution in [2.45, 2.75) is 13.3 Å². The topological polar surface area (TPSA) is 50.7 Å². The van der Waals surface area contributed by atoms with E-state index in [0.29, 0.717) is 12.2 Å². The maximum Gasteiger partial charge on any atom is 0.277 e. The summed E-state index contributed by atoms with van der Waals surface area (Å²) in [6.45, 7) is 1.83. The Balaban J connectivity index is 1.76. The molecule has 0 aliphatic heterocycles. The third kappa shape index (κ3) is 5.48. The van der Waals surface area contributed by atoms with Crippen molar-refractivity contribution in [1.82, 2.24) is 5.43 Å². The van der Waals surface area contributed by atoms with E-state index in [1.54, 1.807) is 12.1 Å². The third-order valence-corrected chi connectivity index (χ3v) is 2.79. The van der Waals surface area contributed by atoms with Gasteiger partial charge in [0, 0.05) is 12.1 Å². The molecule has 0 spiro atoms. The van der Waals surface area contributed by atoms with Crippen LogP contribution in [0.3, 0.4) is 0 Å². The average molecular weight is 282 g/mol. The highest BCUT2D eigenvalue weighted by Crippen LogP contribution is 2.07. The molecule has 0 bridgehead atoms. The van der Waals surface area contributed by atoms with Crippen LogP contribution in [0.1, 0.15) is 12.5 Å². The molecule has 21 heavy (non-hydrogen) atoms. The van der Waals surface area contributed by atoms with Crippen LogP contribution in [-0.4, -0.2) is 18.2 Å². The number of ether oxygens (including phenoxy) is 1. The van der Waals surface area contributed by atoms with E-state index in [1.165, 1.54) is 0 Å². The Morgan fingerprint density at radius 2 is 1.67 bits per heavy atom. The molecule has 0 unspecified atom stereocenters. The van der Waals surface area contributed by atoms with Crippen LogP contribution in [0.25, 0.3) is 0 Å². The minimum Gasteiger partial charge on any atom is -0.484 e. The van der Waals surface area contributed by atoms with Crippen LogP contribution in [0.15, 0.2) is 65.8 Å². The highest BCUT2D eigenvalue weighted by molar-refractivity contribution is 5.86. The summed E-state index contributed by atoms with van der Waals surface area (Å²) < 4.78 is 5.34. The van der Waals surface area contributed by atoms with Crippen molar-refractivity contribution in [3.8, 4) is 5.75 Å². The summed E-state index contributed by atoms with van der Waals surface area (Å²) in [6, 6.07) is 19.2. The van der Waals surface area contributed by atoms with E-state index in [2.05, 4.69) is 10.5 Å². The Morgan fingerprint density at radius 1 is 1.05 bits per heavy atom. The molecule has 2 aromatic carbocycles. The zero-order valence-electron chi connectivity index (χ0n) is 12.0. The Morgan fingerprint density at radius 3 is 2.33 bits per heavy atom. The predicted octanol–water partition coefficient (Wildman–Crippen LogP) is 2.80. The first-order chi connectivity index (χ1) is 10.2. The smallest absolute Gasteiger partial charge is 0.277 e. The molecule has 2 rings (SSSR count). The van der Waals surface area contributed by atoms with Crippen molar-refractivity contribution in [1.29, 1.82) is 0 Å². The highest BCUT2D eigenvalue weighted by Gasteiger charge is 2.02. The van der Waals surface area contributed by atoms with Crippen molar-refractivity contribution < 1.29 is 9.53 Å². The fourth-order valence-electron chi connectivity index (χ4n) is 1.79. The summed E-state index contributed by atoms with van der Waals surface area (Å²) in [5.74, 6) is 0.393. The number of carbonyl (C=O) groups excluding carboxylic acids is 1. The van der Waals surface area contributed by atoms with Crippen LogP contribution in [-0.2, 0) is 11.2 Å². The van der Waals surface area contributed by atoms with E-state index in [9.17, 15) is 4.79 Å². The number of amides is 1. The quantitative estimate of drug-likeness (QED) is 0.654. The summed E-state index contributed by atoms with van der Waals surface area (Å²) >= 11 is 0. The number of hydrazone groups is 1. The summed E-state index contributed by atoms with van der Waals surface area (Å²) in [4.78, 5) is 11.6. The average Bonchev–Trinajstić information content (AvgIpc) is 2.53. The van der Waals surface area contributed by atoms with Gasteiger partial charge in [-0.05, 0) is 24.6 Å². The lowest BCUT2D eigenvalue weighted by Crippen LogP contribution is -2.25. The molecule has 0 saturated heterocycles. The Labute approximate surface area is 124 Å². The minimum absolute atomic E-state index is 0.0495. The molecule has 0 aromatic heterocycles. The van der Waals surface area contributed by atoms with Gasteiger partial charge in [0.1, 0.15) is 5.75 Å². The lowest BCUT2D eigenvalue weighted by Gasteiger charge is -2.05. The Bertz CT molecular complexity index is 595. The molecule has 2 aromatic rings. The third-order valence-electron chi connectivity index (χ3n) is 2.79. The fraction of sp³-hybridized carbons (Fsp3) is 0.176. The SMILES string of the molecule is C/C(Cc1ccccc1)=N\NC(=O)COc1ccccc1. The van der Waals surface area contributed by atoms with Gasteiger partial charge in [0.2, 0.25) is 0 Å². The van der Waals surface area contributed by atoms with Gasteiger partial charge in [0.25, 0.3) is 5.91 Å². The van der Waals surface area contributed by atoms with Gasteiger partial charge in [0.05, 0.1) is 0 Å². The van der Waals surface area contributed by atoms with E-state index in [1.807, 2.05) is 55.5 Å². The van der Waals surface area contributed by atoms with E-state index in [0.717, 1.165) is 11.3 Å². The number of benzene rings is 2. The van der Waals surface area contributed by atoms with Gasteiger partial charge < -0.3 is 4.74 Å². The van der Waals surface area contributed by atoms with Crippen LogP contribution in [0.5, 0.6) is 5.75 Å². The molecule has 1 N–H and O–H groups in total. The lowest BCUT2D eigenvalue weighted by molar-refractivity contribution is -0.123. The maximum absolute atomic E-state index is 11.6. The molecule has 4 heteroatoms. The number of nitrogens with one attached hydrogen (secondary N) is 1. The molecular weight excluding hydrogens is 264 g/mol. The van der Waals surface area contributed by atoms with E-state index >= 15 is 0 Å². The number of hydrogen-bond donors (Lipinski definition) is 1. The second-order valence-electron chi connectivity index (χ2n) is 4.65. The predicted molar refractivity (Wildman–Crippen MR) is 83.3 cm³/mol. The number of para-hydroxylation sites is 1. The fourth-order valence-corrected chi connectivity index (χ4v) is 1.79. The number of carbonyl (C=O) groups is 1. The van der Waals surface area contributed by atoms with Crippen LogP contribution < -0.4 is 10.2 Å². The summed E-state index contributed by atoms with van der Waals surface area (Å²) in [6.07, 6.45) is 0.709. The van der Waals surface area contributed by atoms with Gasteiger partial charge in [-0.15, -0.1) is 0 Å². The second kappa shape index (κ2) is 7.85. The van der Waals surface area contributed by atoms with E-state index < -0.39 is 0 Å². The second-order valence-corrected chi connectivity index (χ2v) is 4.65. The first-order valence-corrected chi connectivity index (χ1v) is 6.78. The summed E-state index contributed by atoms with van der Waals surface area (Å²) in [5, 5.41) is 4.07. The largest absolute Gasteiger partial charge is 0.484 e. The molecule has 0 fully saturated rings. The normalized spacial score (nSPS) is 11.0. The van der Waals surface area contributed by atoms with Crippen molar-refractivity contribution in [2.24, 2.45) is 5.10 Å². The van der Waals surface area contributed by atoms with Gasteiger partial charge >= 0.3 is 0 Å². The monoisotopic (exact) mass is 282 g/mol. The van der Waals surface area contributed by atoms with Crippen LogP contribution in [0, 0.1) is 0 Å². The van der Waals surface area contributed by atoms with Crippen LogP contribution >= 0.6 is 0 Å². The van der Waals surface area contributed by atoms with Gasteiger partial charge in [-0.25, -0.2) is 5.43 Å². The molecule has 4 nitrogen and oxygen atoms in total. The van der Waals surface area contributed by atoms with Crippen LogP contribution in [0.2, 0.25) is 0 Å². The van der Waals surface area contributed by atoms with Gasteiger partial charge in [-0.3, -0.25) is 4.79 Å². The molecule has 0 saturated carbocycles. The van der Waals surface area contributed by atoms with E-state index in [-0.39, 0.29) is 12.5 Å². The van der Waals surface area contributed by atoms with Crippen molar-refractivity contribution >= 4 is 11.6 Å². The van der Waals surface area contributed by atoms with Gasteiger partial charge in [0.15, 0.2) is 6.61 Å². The highest BCUT2D eigenvalue weighted by atomic mass is 16.5. The number of nitrogens with zero attached hydrogens (tertiary/aromatic N) is 1. The standard InChI is InChI=1S/C17H18N2O2/c1-14(12-15-8-4-2-5-9-15)18-19-17(20)13-21-16-10-6-3-7-11-16/h2-11H,12-13H2,1H3,(H,19,20)/b18-14+. The molecule has 0 heterocycles. The van der Waals surface area contributed by atoms with Gasteiger partial charge in [-0.1, -0.05) is 48.5 Å². The lowest BCUT2D eigenvalue weighted by atomic mass is 10.1. The van der Waals surface area contributed by atoms with Gasteiger partial charge in [-0.2, -0.15) is 5.10 Å². The number of hydrogen-bond acceptors (Lipinski definition) is 3. The molecular formula is C17H18N2O2. The molecule has 0 aliphatic rings. The molecule has 1 amide bonds. The maximum atomic E-state index is 11.6. The molecule has 0 aliphatic carbocycles. The van der Waals surface area contributed by atoms with Crippen LogP contribution in [0.4, 0.5) is 0 Å². The van der Waals surface area contributed by atoms with E-state index in [4.69, 9.17) is 4.74 Å². The summed E-state index contributed by atoms with van der Waals surface area (Å²) in [5.41, 5.74) is 4.50. The summed E-state index contributed by atoms with van der Waals surface area (Å²) in [7, 11) is 0. The zero-order valence-corrected chi connectivity index (χ0v) is 12.0. The van der Waals surface area contributed by atoms with Crippen molar-refractivity contribution in [3.05, 3.63) is 66.2 Å². The molecule has 0 atom stereocenters. The number of rotatable bonds is 6. The first kappa shape index (κ1) is 14.8.